The number of benzene rings is 4. The first-order valence-electron chi connectivity index (χ1n) is 16.9. The van der Waals surface area contributed by atoms with Crippen LogP contribution in [0.5, 0.6) is 5.75 Å². The van der Waals surface area contributed by atoms with Crippen molar-refractivity contribution in [1.29, 1.82) is 0 Å². The number of allylic oxidation sites excluding steroid dienone is 2. The van der Waals surface area contributed by atoms with E-state index in [9.17, 15) is 45.8 Å². The van der Waals surface area contributed by atoms with Gasteiger partial charge in [-0.15, -0.1) is 0 Å². The standard InChI is InChI=1S/C40H27ClF6N2O5/c41-23-9-6-10-24(18-23)49-35(52)30-19-29-26(33(27-11-4-5-12-31(27)50)38(30,37(49)54)20-7-2-1-3-8-20)13-14-28-32(29)36(53)48(34(28)51)25-16-21(39(42,43)44)15-22(17-25)40(45,46)47/h1-13,15-18,28-30,32-33,50H,14,19H2. The number of nitrogens with zero attached hydrogens (tertiary/aromatic N) is 2. The van der Waals surface area contributed by atoms with Crippen molar-refractivity contribution in [2.45, 2.75) is 36.5 Å². The summed E-state index contributed by atoms with van der Waals surface area (Å²) in [6.07, 6.45) is -9.14. The van der Waals surface area contributed by atoms with Crippen molar-refractivity contribution >= 4 is 46.6 Å². The fourth-order valence-electron chi connectivity index (χ4n) is 9.14. The SMILES string of the molecule is O=C1C2CC=C3C(CC4C(=O)N(c5cccc(Cl)c5)C(=O)C4(c4ccccc4)C3c3ccccc3O)C2C(=O)N1c1cc(C(F)(F)F)cc(C(F)(F)F)c1. The van der Waals surface area contributed by atoms with Crippen LogP contribution in [0.1, 0.15) is 41.0 Å². The molecule has 2 aliphatic carbocycles. The Hall–Kier alpha value is -5.43. The highest BCUT2D eigenvalue weighted by Crippen LogP contribution is 2.65. The van der Waals surface area contributed by atoms with E-state index in [4.69, 9.17) is 11.6 Å². The van der Waals surface area contributed by atoms with Gasteiger partial charge in [-0.3, -0.25) is 19.2 Å². The number of phenolic OH excluding ortho intramolecular Hbond substituents is 1. The number of rotatable bonds is 4. The molecule has 54 heavy (non-hydrogen) atoms. The molecule has 4 amide bonds. The predicted molar refractivity (Wildman–Crippen MR) is 183 cm³/mol. The number of alkyl halides is 6. The number of aromatic hydroxyl groups is 1. The van der Waals surface area contributed by atoms with Crippen LogP contribution in [-0.2, 0) is 36.9 Å². The lowest BCUT2D eigenvalue weighted by Crippen LogP contribution is -2.53. The highest BCUT2D eigenvalue weighted by molar-refractivity contribution is 6.32. The molecule has 0 radical (unpaired) electrons. The fraction of sp³-hybridized carbons (Fsp3) is 0.250. The van der Waals surface area contributed by atoms with Gasteiger partial charge in [0.05, 0.1) is 45.7 Å². The third kappa shape index (κ3) is 5.19. The quantitative estimate of drug-likeness (QED) is 0.128. The number of hydrogen-bond acceptors (Lipinski definition) is 5. The van der Waals surface area contributed by atoms with Gasteiger partial charge in [-0.2, -0.15) is 26.3 Å². The van der Waals surface area contributed by atoms with Gasteiger partial charge in [-0.05, 0) is 66.8 Å². The van der Waals surface area contributed by atoms with Gasteiger partial charge in [-0.1, -0.05) is 77.8 Å². The predicted octanol–water partition coefficient (Wildman–Crippen LogP) is 8.45. The van der Waals surface area contributed by atoms with Crippen LogP contribution in [0.4, 0.5) is 37.7 Å². The van der Waals surface area contributed by atoms with Crippen LogP contribution in [0.15, 0.2) is 109 Å². The van der Waals surface area contributed by atoms with Crippen LogP contribution < -0.4 is 9.80 Å². The molecule has 0 spiro atoms. The molecule has 1 N–H and O–H groups in total. The highest BCUT2D eigenvalue weighted by atomic mass is 35.5. The summed E-state index contributed by atoms with van der Waals surface area (Å²) >= 11 is 6.30. The summed E-state index contributed by atoms with van der Waals surface area (Å²) < 4.78 is 83.2. The molecule has 0 bridgehead atoms. The van der Waals surface area contributed by atoms with Gasteiger partial charge in [0, 0.05) is 16.5 Å². The Morgan fingerprint density at radius 2 is 1.33 bits per heavy atom. The molecule has 6 atom stereocenters. The Bertz CT molecular complexity index is 2260. The third-order valence-corrected chi connectivity index (χ3v) is 11.5. The van der Waals surface area contributed by atoms with Crippen molar-refractivity contribution in [3.63, 3.8) is 0 Å². The van der Waals surface area contributed by atoms with Gasteiger partial charge in [0.2, 0.25) is 23.6 Å². The van der Waals surface area contributed by atoms with Gasteiger partial charge >= 0.3 is 12.4 Å². The number of fused-ring (bicyclic) bond motifs is 4. The monoisotopic (exact) mass is 764 g/mol. The molecule has 4 aromatic carbocycles. The summed E-state index contributed by atoms with van der Waals surface area (Å²) in [7, 11) is 0. The van der Waals surface area contributed by atoms with E-state index in [1.807, 2.05) is 0 Å². The first kappa shape index (κ1) is 35.6. The van der Waals surface area contributed by atoms with Crippen LogP contribution in [-0.4, -0.2) is 28.7 Å². The molecule has 8 rings (SSSR count). The number of anilines is 2. The summed E-state index contributed by atoms with van der Waals surface area (Å²) in [5.74, 6) is -9.31. The minimum atomic E-state index is -5.23. The van der Waals surface area contributed by atoms with E-state index in [-0.39, 0.29) is 40.9 Å². The van der Waals surface area contributed by atoms with Crippen molar-refractivity contribution in [3.05, 3.63) is 136 Å². The van der Waals surface area contributed by atoms with E-state index in [0.29, 0.717) is 28.2 Å². The summed E-state index contributed by atoms with van der Waals surface area (Å²) in [6, 6.07) is 21.4. The number of carbonyl (C=O) groups is 4. The van der Waals surface area contributed by atoms with Crippen LogP contribution in [0.25, 0.3) is 0 Å². The zero-order valence-electron chi connectivity index (χ0n) is 27.7. The molecule has 2 aliphatic heterocycles. The van der Waals surface area contributed by atoms with Crippen molar-refractivity contribution in [1.82, 2.24) is 0 Å². The van der Waals surface area contributed by atoms with Gasteiger partial charge in [0.15, 0.2) is 0 Å². The van der Waals surface area contributed by atoms with Crippen LogP contribution in [0.3, 0.4) is 0 Å². The van der Waals surface area contributed by atoms with Gasteiger partial charge in [0.1, 0.15) is 5.75 Å². The lowest BCUT2D eigenvalue weighted by atomic mass is 9.49. The lowest BCUT2D eigenvalue weighted by molar-refractivity contribution is -0.143. The number of phenols is 1. The molecule has 4 aromatic rings. The maximum absolute atomic E-state index is 15.2. The minimum absolute atomic E-state index is 0.0865. The molecule has 3 fully saturated rings. The highest BCUT2D eigenvalue weighted by Gasteiger charge is 2.70. The first-order valence-corrected chi connectivity index (χ1v) is 17.3. The van der Waals surface area contributed by atoms with E-state index in [1.165, 1.54) is 18.2 Å². The molecule has 4 aliphatic rings. The Kier molecular flexibility index (Phi) is 8.11. The second-order valence-corrected chi connectivity index (χ2v) is 14.4. The van der Waals surface area contributed by atoms with Crippen molar-refractivity contribution in [3.8, 4) is 5.75 Å². The zero-order chi connectivity index (χ0) is 38.5. The van der Waals surface area contributed by atoms with Gasteiger partial charge in [0.25, 0.3) is 0 Å². The second kappa shape index (κ2) is 12.3. The average Bonchev–Trinajstić information content (AvgIpc) is 3.52. The topological polar surface area (TPSA) is 95.0 Å². The number of para-hydroxylation sites is 1. The molecule has 6 unspecified atom stereocenters. The average molecular weight is 765 g/mol. The van der Waals surface area contributed by atoms with Crippen molar-refractivity contribution in [2.75, 3.05) is 9.80 Å². The van der Waals surface area contributed by atoms with Crippen molar-refractivity contribution in [2.24, 2.45) is 23.7 Å². The number of carbonyl (C=O) groups excluding carboxylic acids is 4. The van der Waals surface area contributed by atoms with E-state index >= 15 is 4.79 Å². The van der Waals surface area contributed by atoms with E-state index in [2.05, 4.69) is 0 Å². The summed E-state index contributed by atoms with van der Waals surface area (Å²) in [5.41, 5.74) is -4.67. The largest absolute Gasteiger partial charge is 0.508 e. The Balaban J connectivity index is 1.32. The molecule has 276 valence electrons. The fourth-order valence-corrected chi connectivity index (χ4v) is 9.33. The zero-order valence-corrected chi connectivity index (χ0v) is 28.5. The first-order chi connectivity index (χ1) is 25.5. The number of halogens is 7. The smallest absolute Gasteiger partial charge is 0.416 e. The van der Waals surface area contributed by atoms with Crippen LogP contribution in [0.2, 0.25) is 5.02 Å². The maximum Gasteiger partial charge on any atom is 0.416 e. The summed E-state index contributed by atoms with van der Waals surface area (Å²) in [6.45, 7) is 0. The number of imide groups is 2. The second-order valence-electron chi connectivity index (χ2n) is 13.9. The molecule has 7 nitrogen and oxygen atoms in total. The van der Waals surface area contributed by atoms with Crippen LogP contribution >= 0.6 is 11.6 Å². The molecule has 14 heteroatoms. The van der Waals surface area contributed by atoms with E-state index in [1.54, 1.807) is 66.7 Å². The van der Waals surface area contributed by atoms with E-state index in [0.717, 1.165) is 4.90 Å². The Morgan fingerprint density at radius 3 is 1.96 bits per heavy atom. The molecular formula is C40H27ClF6N2O5. The normalized spacial score (nSPS) is 26.8. The lowest BCUT2D eigenvalue weighted by Gasteiger charge is -2.50. The van der Waals surface area contributed by atoms with E-state index < -0.39 is 87.8 Å². The molecule has 0 aromatic heterocycles. The molecule has 1 saturated carbocycles. The molecule has 2 saturated heterocycles. The Labute approximate surface area is 308 Å². The Morgan fingerprint density at radius 1 is 0.685 bits per heavy atom. The summed E-state index contributed by atoms with van der Waals surface area (Å²) in [5, 5.41) is 11.6. The number of hydrogen-bond donors (Lipinski definition) is 1. The molecule has 2 heterocycles. The van der Waals surface area contributed by atoms with Gasteiger partial charge in [-0.25, -0.2) is 9.80 Å². The number of amides is 4. The van der Waals surface area contributed by atoms with Gasteiger partial charge < -0.3 is 5.11 Å². The van der Waals surface area contributed by atoms with Crippen LogP contribution in [0, 0.1) is 23.7 Å². The van der Waals surface area contributed by atoms with Crippen molar-refractivity contribution < 1.29 is 50.6 Å². The molecular weight excluding hydrogens is 738 g/mol. The maximum atomic E-state index is 15.2. The third-order valence-electron chi connectivity index (χ3n) is 11.2. The minimum Gasteiger partial charge on any atom is -0.508 e. The summed E-state index contributed by atoms with van der Waals surface area (Å²) in [4.78, 5) is 59.8.